The molecular weight excluding hydrogens is 552 g/mol. The Bertz CT molecular complexity index is 1320. The van der Waals surface area contributed by atoms with Crippen molar-refractivity contribution in [2.24, 2.45) is 0 Å². The number of rotatable bonds is 8. The van der Waals surface area contributed by atoms with E-state index in [0.29, 0.717) is 50.1 Å². The van der Waals surface area contributed by atoms with E-state index in [1.165, 1.54) is 15.6 Å². The Morgan fingerprint density at radius 1 is 1.08 bits per heavy atom. The van der Waals surface area contributed by atoms with E-state index in [-0.39, 0.29) is 23.2 Å². The summed E-state index contributed by atoms with van der Waals surface area (Å²) in [4.78, 5) is 23.9. The van der Waals surface area contributed by atoms with Crippen molar-refractivity contribution in [1.82, 2.24) is 14.2 Å². The summed E-state index contributed by atoms with van der Waals surface area (Å²) in [6, 6.07) is 12.4. The Hall–Kier alpha value is -1.73. The number of halogens is 1. The number of ether oxygens (including phenoxy) is 1. The second kappa shape index (κ2) is 12.4. The molecule has 0 radical (unpaired) electrons. The maximum absolute atomic E-state index is 13.8. The van der Waals surface area contributed by atoms with Gasteiger partial charge >= 0.3 is 0 Å². The second-order valence-electron chi connectivity index (χ2n) is 8.85. The molecule has 0 atom stereocenters. The molecule has 0 spiro atoms. The van der Waals surface area contributed by atoms with Crippen LogP contribution in [0.1, 0.15) is 23.2 Å². The van der Waals surface area contributed by atoms with Gasteiger partial charge in [-0.25, -0.2) is 13.4 Å². The summed E-state index contributed by atoms with van der Waals surface area (Å²) in [6.07, 6.45) is 3.79. The quantitative estimate of drug-likeness (QED) is 0.368. The number of carbonyl (C=O) groups excluding carboxylic acids is 1. The molecule has 0 aliphatic carbocycles. The van der Waals surface area contributed by atoms with Crippen molar-refractivity contribution in [2.75, 3.05) is 63.6 Å². The van der Waals surface area contributed by atoms with Crippen molar-refractivity contribution in [3.63, 3.8) is 0 Å². The van der Waals surface area contributed by atoms with Crippen molar-refractivity contribution in [1.29, 1.82) is 0 Å². The number of aromatic nitrogens is 1. The standard InChI is InChI=1S/C25H30N4O4S3.ClH/c1-34-21-5-4-6-22-23(21)26-25(35-22)29(14-13-27-15-17-33-18-16-27)24(30)19-7-9-20(10-8-19)36(31,32)28-11-2-3-12-28;/h4-10H,2-3,11-18H2,1H3;1H. The van der Waals surface area contributed by atoms with Crippen LogP contribution in [-0.4, -0.2) is 87.3 Å². The van der Waals surface area contributed by atoms with Crippen molar-refractivity contribution in [3.8, 4) is 0 Å². The van der Waals surface area contributed by atoms with Gasteiger partial charge in [0.25, 0.3) is 5.91 Å². The number of nitrogens with zero attached hydrogens (tertiary/aromatic N) is 4. The van der Waals surface area contributed by atoms with E-state index in [1.807, 2.05) is 24.5 Å². The number of benzene rings is 2. The fraction of sp³-hybridized carbons (Fsp3) is 0.440. The van der Waals surface area contributed by atoms with Gasteiger partial charge in [-0.1, -0.05) is 17.4 Å². The number of sulfonamides is 1. The van der Waals surface area contributed by atoms with Gasteiger partial charge in [0.15, 0.2) is 5.13 Å². The Balaban J connectivity index is 0.00000320. The van der Waals surface area contributed by atoms with Crippen LogP contribution in [0.3, 0.4) is 0 Å². The summed E-state index contributed by atoms with van der Waals surface area (Å²) in [7, 11) is -3.53. The third-order valence-electron chi connectivity index (χ3n) is 6.61. The zero-order chi connectivity index (χ0) is 25.1. The molecule has 12 heteroatoms. The van der Waals surface area contributed by atoms with E-state index >= 15 is 0 Å². The summed E-state index contributed by atoms with van der Waals surface area (Å²) in [5.41, 5.74) is 1.35. The second-order valence-corrected chi connectivity index (χ2v) is 12.6. The molecule has 2 aromatic carbocycles. The molecule has 2 aliphatic rings. The first-order valence-corrected chi connectivity index (χ1v) is 15.6. The summed E-state index contributed by atoms with van der Waals surface area (Å²) in [5, 5.41) is 0.651. The molecule has 0 unspecified atom stereocenters. The van der Waals surface area contributed by atoms with E-state index in [4.69, 9.17) is 9.72 Å². The highest BCUT2D eigenvalue weighted by Crippen LogP contribution is 2.34. The maximum Gasteiger partial charge on any atom is 0.260 e. The van der Waals surface area contributed by atoms with Crippen LogP contribution in [-0.2, 0) is 14.8 Å². The molecule has 0 N–H and O–H groups in total. The highest BCUT2D eigenvalue weighted by molar-refractivity contribution is 7.98. The topological polar surface area (TPSA) is 83.0 Å². The van der Waals surface area contributed by atoms with Gasteiger partial charge in [0.05, 0.1) is 28.3 Å². The molecule has 1 aromatic heterocycles. The molecule has 0 saturated carbocycles. The number of thioether (sulfide) groups is 1. The predicted octanol–water partition coefficient (Wildman–Crippen LogP) is 4.20. The Morgan fingerprint density at radius 3 is 2.46 bits per heavy atom. The molecule has 3 heterocycles. The van der Waals surface area contributed by atoms with Gasteiger partial charge in [-0.2, -0.15) is 4.31 Å². The molecule has 5 rings (SSSR count). The fourth-order valence-electron chi connectivity index (χ4n) is 4.54. The number of hydrogen-bond acceptors (Lipinski definition) is 8. The number of carbonyl (C=O) groups is 1. The van der Waals surface area contributed by atoms with Gasteiger partial charge in [0, 0.05) is 49.7 Å². The first kappa shape index (κ1) is 28.3. The first-order valence-electron chi connectivity index (χ1n) is 12.1. The van der Waals surface area contributed by atoms with Crippen molar-refractivity contribution >= 4 is 66.8 Å². The van der Waals surface area contributed by atoms with Crippen LogP contribution in [0, 0.1) is 0 Å². The molecule has 2 aliphatic heterocycles. The van der Waals surface area contributed by atoms with Gasteiger partial charge in [-0.3, -0.25) is 14.6 Å². The van der Waals surface area contributed by atoms with Gasteiger partial charge in [-0.05, 0) is 55.5 Å². The maximum atomic E-state index is 13.8. The van der Waals surface area contributed by atoms with Gasteiger partial charge in [0.2, 0.25) is 10.0 Å². The Kier molecular flexibility index (Phi) is 9.49. The number of morpholine rings is 1. The van der Waals surface area contributed by atoms with Crippen molar-refractivity contribution < 1.29 is 17.9 Å². The molecule has 0 bridgehead atoms. The predicted molar refractivity (Wildman–Crippen MR) is 152 cm³/mol. The summed E-state index contributed by atoms with van der Waals surface area (Å²) < 4.78 is 33.8. The smallest absolute Gasteiger partial charge is 0.260 e. The molecule has 1 amide bonds. The average Bonchev–Trinajstić information content (AvgIpc) is 3.60. The lowest BCUT2D eigenvalue weighted by Gasteiger charge is -2.29. The highest BCUT2D eigenvalue weighted by Gasteiger charge is 2.28. The molecule has 2 saturated heterocycles. The lowest BCUT2D eigenvalue weighted by atomic mass is 10.2. The molecule has 3 aromatic rings. The van der Waals surface area contributed by atoms with Gasteiger partial charge in [-0.15, -0.1) is 24.2 Å². The van der Waals surface area contributed by atoms with Crippen LogP contribution in [0.15, 0.2) is 52.3 Å². The number of thiazole rings is 1. The first-order chi connectivity index (χ1) is 17.5. The lowest BCUT2D eigenvalue weighted by molar-refractivity contribution is 0.0391. The van der Waals surface area contributed by atoms with Crippen LogP contribution in [0.25, 0.3) is 10.2 Å². The SMILES string of the molecule is CSc1cccc2sc(N(CCN3CCOCC3)C(=O)c3ccc(S(=O)(=O)N4CCCC4)cc3)nc12.Cl. The summed E-state index contributed by atoms with van der Waals surface area (Å²) in [5.74, 6) is -0.182. The molecule has 200 valence electrons. The molecule has 37 heavy (non-hydrogen) atoms. The summed E-state index contributed by atoms with van der Waals surface area (Å²) in [6.45, 7) is 5.35. The fourth-order valence-corrected chi connectivity index (χ4v) is 7.71. The van der Waals surface area contributed by atoms with Gasteiger partial charge in [0.1, 0.15) is 0 Å². The molecular formula is C25H31ClN4O4S3. The number of para-hydroxylation sites is 1. The van der Waals surface area contributed by atoms with E-state index in [1.54, 1.807) is 40.9 Å². The van der Waals surface area contributed by atoms with E-state index < -0.39 is 10.0 Å². The number of hydrogen-bond donors (Lipinski definition) is 0. The Morgan fingerprint density at radius 2 is 1.78 bits per heavy atom. The largest absolute Gasteiger partial charge is 0.379 e. The third-order valence-corrected chi connectivity index (χ3v) is 10.3. The monoisotopic (exact) mass is 582 g/mol. The number of fused-ring (bicyclic) bond motifs is 1. The van der Waals surface area contributed by atoms with Crippen LogP contribution in [0.5, 0.6) is 0 Å². The zero-order valence-corrected chi connectivity index (χ0v) is 23.9. The minimum Gasteiger partial charge on any atom is -0.379 e. The van der Waals surface area contributed by atoms with Crippen LogP contribution in [0.4, 0.5) is 5.13 Å². The van der Waals surface area contributed by atoms with Gasteiger partial charge < -0.3 is 4.74 Å². The van der Waals surface area contributed by atoms with Crippen molar-refractivity contribution in [2.45, 2.75) is 22.6 Å². The molecule has 2 fully saturated rings. The molecule has 8 nitrogen and oxygen atoms in total. The number of amides is 1. The highest BCUT2D eigenvalue weighted by atomic mass is 35.5. The average molecular weight is 583 g/mol. The minimum absolute atomic E-state index is 0. The normalized spacial score (nSPS) is 17.1. The third kappa shape index (κ3) is 6.13. The zero-order valence-electron chi connectivity index (χ0n) is 20.7. The van der Waals surface area contributed by atoms with Crippen LogP contribution in [0.2, 0.25) is 0 Å². The van der Waals surface area contributed by atoms with E-state index in [9.17, 15) is 13.2 Å². The minimum atomic E-state index is -3.53. The van der Waals surface area contributed by atoms with Crippen LogP contribution < -0.4 is 4.90 Å². The Labute approximate surface area is 232 Å². The van der Waals surface area contributed by atoms with Crippen LogP contribution >= 0.6 is 35.5 Å². The van der Waals surface area contributed by atoms with E-state index in [0.717, 1.165) is 41.0 Å². The van der Waals surface area contributed by atoms with E-state index in [2.05, 4.69) is 4.90 Å². The van der Waals surface area contributed by atoms with Crippen molar-refractivity contribution in [3.05, 3.63) is 48.0 Å². The summed E-state index contributed by atoms with van der Waals surface area (Å²) >= 11 is 3.14. The lowest BCUT2D eigenvalue weighted by Crippen LogP contribution is -2.43. The number of anilines is 1.